The van der Waals surface area contributed by atoms with E-state index in [-0.39, 0.29) is 0 Å². The van der Waals surface area contributed by atoms with Crippen LogP contribution in [0.4, 0.5) is 5.69 Å². The summed E-state index contributed by atoms with van der Waals surface area (Å²) in [4.78, 5) is 46.5. The van der Waals surface area contributed by atoms with Gasteiger partial charge in [0.15, 0.2) is 5.60 Å². The van der Waals surface area contributed by atoms with Crippen LogP contribution >= 0.6 is 0 Å². The molecule has 0 spiro atoms. The largest absolute Gasteiger partial charge is 0.481 e. The highest BCUT2D eigenvalue weighted by Crippen LogP contribution is 2.16. The molecule has 1 aromatic carbocycles. The van der Waals surface area contributed by atoms with Gasteiger partial charge in [0, 0.05) is 70.2 Å². The summed E-state index contributed by atoms with van der Waals surface area (Å²) in [5.41, 5.74) is 0.960. The molecule has 0 fully saturated rings. The van der Waals surface area contributed by atoms with Crippen LogP contribution in [0.5, 0.6) is 0 Å². The molecule has 3 aromatic rings. The second kappa shape index (κ2) is 14.5. The first kappa shape index (κ1) is 30.0. The van der Waals surface area contributed by atoms with Crippen molar-refractivity contribution >= 4 is 23.6 Å². The zero-order valence-electron chi connectivity index (χ0n) is 21.4. The molecule has 0 bridgehead atoms. The number of aryl methyl sites for hydroxylation is 1. The number of aromatic nitrogens is 4. The zero-order valence-corrected chi connectivity index (χ0v) is 21.4. The number of aromatic amines is 1. The predicted molar refractivity (Wildman–Crippen MR) is 137 cm³/mol. The maximum absolute atomic E-state index is 10.3. The minimum absolute atomic E-state index is 0.874. The molecule has 38 heavy (non-hydrogen) atoms. The van der Waals surface area contributed by atoms with Crippen molar-refractivity contribution in [2.75, 3.05) is 25.5 Å². The number of carboxylic acid groups (broad SMARTS) is 3. The van der Waals surface area contributed by atoms with Crippen LogP contribution < -0.4 is 4.90 Å². The van der Waals surface area contributed by atoms with Gasteiger partial charge in [-0.3, -0.25) is 14.5 Å². The van der Waals surface area contributed by atoms with Crippen molar-refractivity contribution in [2.24, 2.45) is 0 Å². The van der Waals surface area contributed by atoms with E-state index in [2.05, 4.69) is 67.7 Å². The first-order valence-corrected chi connectivity index (χ1v) is 11.8. The Labute approximate surface area is 220 Å². The molecule has 0 atom stereocenters. The van der Waals surface area contributed by atoms with E-state index in [9.17, 15) is 14.4 Å². The monoisotopic (exact) mass is 530 g/mol. The molecule has 0 aliphatic carbocycles. The van der Waals surface area contributed by atoms with Gasteiger partial charge in [-0.25, -0.2) is 14.8 Å². The molecule has 13 heteroatoms. The van der Waals surface area contributed by atoms with E-state index in [1.165, 1.54) is 11.3 Å². The third kappa shape index (κ3) is 10.4. The van der Waals surface area contributed by atoms with E-state index in [0.717, 1.165) is 38.3 Å². The van der Waals surface area contributed by atoms with Gasteiger partial charge in [-0.1, -0.05) is 12.1 Å². The molecule has 0 saturated carbocycles. The molecule has 3 rings (SSSR count). The summed E-state index contributed by atoms with van der Waals surface area (Å²) in [5, 5.41) is 33.8. The van der Waals surface area contributed by atoms with Gasteiger partial charge >= 0.3 is 17.9 Å². The van der Waals surface area contributed by atoms with Gasteiger partial charge in [0.1, 0.15) is 0 Å². The number of carbonyl (C=O) groups is 3. The number of aliphatic hydroxyl groups is 1. The summed E-state index contributed by atoms with van der Waals surface area (Å²) >= 11 is 0. The van der Waals surface area contributed by atoms with Gasteiger partial charge in [0.25, 0.3) is 0 Å². The number of imidazole rings is 2. The van der Waals surface area contributed by atoms with Crippen LogP contribution in [0.2, 0.25) is 0 Å². The highest BCUT2D eigenvalue weighted by atomic mass is 16.4. The summed E-state index contributed by atoms with van der Waals surface area (Å²) in [6, 6.07) is 8.78. The van der Waals surface area contributed by atoms with Crippen LogP contribution in [-0.4, -0.2) is 89.0 Å². The molecule has 206 valence electrons. The van der Waals surface area contributed by atoms with Crippen molar-refractivity contribution in [3.05, 3.63) is 66.8 Å². The Balaban J connectivity index is 0.000000332. The lowest BCUT2D eigenvalue weighted by Crippen LogP contribution is -2.42. The summed E-state index contributed by atoms with van der Waals surface area (Å²) < 4.78 is 2.13. The molecule has 0 aliphatic rings. The van der Waals surface area contributed by atoms with Crippen molar-refractivity contribution in [1.82, 2.24) is 24.4 Å². The van der Waals surface area contributed by atoms with E-state index < -0.39 is 36.4 Å². The van der Waals surface area contributed by atoms with E-state index in [1.807, 2.05) is 24.9 Å². The SMILES string of the molecule is CN(C)c1ccc(CN(CCCn2ccnc2)Cc2cnc[nH]2)cc1.O=C(O)CC(O)(CC(=O)O)C(=O)O. The molecule has 0 saturated heterocycles. The van der Waals surface area contributed by atoms with Crippen LogP contribution in [0, 0.1) is 0 Å². The third-order valence-electron chi connectivity index (χ3n) is 5.54. The summed E-state index contributed by atoms with van der Waals surface area (Å²) in [6.07, 6.45) is 8.15. The second-order valence-corrected chi connectivity index (χ2v) is 8.98. The lowest BCUT2D eigenvalue weighted by molar-refractivity contribution is -0.170. The Bertz CT molecular complexity index is 1120. The third-order valence-corrected chi connectivity index (χ3v) is 5.54. The maximum atomic E-state index is 10.3. The number of aliphatic carboxylic acids is 3. The molecule has 2 aromatic heterocycles. The first-order chi connectivity index (χ1) is 18.0. The van der Waals surface area contributed by atoms with Gasteiger partial charge in [-0.2, -0.15) is 0 Å². The fourth-order valence-corrected chi connectivity index (χ4v) is 3.59. The molecule has 0 amide bonds. The van der Waals surface area contributed by atoms with Gasteiger partial charge < -0.3 is 34.9 Å². The number of hydrogen-bond donors (Lipinski definition) is 5. The fourth-order valence-electron chi connectivity index (χ4n) is 3.59. The Hall–Kier alpha value is -4.23. The predicted octanol–water partition coefficient (Wildman–Crippen LogP) is 1.52. The van der Waals surface area contributed by atoms with Gasteiger partial charge in [-0.05, 0) is 24.1 Å². The topological polar surface area (TPSA) is 185 Å². The van der Waals surface area contributed by atoms with Crippen molar-refractivity contribution in [1.29, 1.82) is 0 Å². The Morgan fingerprint density at radius 3 is 2.13 bits per heavy atom. The van der Waals surface area contributed by atoms with Crippen LogP contribution in [0.3, 0.4) is 0 Å². The Kier molecular flexibility index (Phi) is 11.4. The molecule has 5 N–H and O–H groups in total. The summed E-state index contributed by atoms with van der Waals surface area (Å²) in [7, 11) is 4.13. The number of nitrogens with one attached hydrogen (secondary N) is 1. The number of benzene rings is 1. The van der Waals surface area contributed by atoms with Gasteiger partial charge in [0.05, 0.1) is 25.5 Å². The average molecular weight is 531 g/mol. The van der Waals surface area contributed by atoms with Crippen molar-refractivity contribution < 1.29 is 34.8 Å². The molecule has 0 radical (unpaired) electrons. The molecular weight excluding hydrogens is 496 g/mol. The number of nitrogens with zero attached hydrogens (tertiary/aromatic N) is 5. The smallest absolute Gasteiger partial charge is 0.336 e. The zero-order chi connectivity index (χ0) is 28.1. The molecule has 0 unspecified atom stereocenters. The number of carboxylic acids is 3. The normalized spacial score (nSPS) is 11.1. The van der Waals surface area contributed by atoms with E-state index in [4.69, 9.17) is 20.4 Å². The maximum Gasteiger partial charge on any atom is 0.336 e. The Morgan fingerprint density at radius 2 is 1.66 bits per heavy atom. The van der Waals surface area contributed by atoms with Crippen LogP contribution in [0.25, 0.3) is 0 Å². The second-order valence-electron chi connectivity index (χ2n) is 8.98. The molecule has 2 heterocycles. The number of H-pyrrole nitrogens is 1. The molecule has 0 aliphatic heterocycles. The van der Waals surface area contributed by atoms with Crippen molar-refractivity contribution in [2.45, 2.75) is 44.5 Å². The standard InChI is InChI=1S/C19H26N6.C6H8O7/c1-23(2)19-6-4-17(5-7-19)13-25(14-18-12-21-15-22-18)10-3-9-24-11-8-20-16-24;7-3(8)1-6(13,5(11)12)2-4(9)10/h4-8,11-12,15-16H,3,9-10,13-14H2,1-2H3,(H,21,22);13H,1-2H2,(H,7,8)(H,9,10)(H,11,12). The van der Waals surface area contributed by atoms with E-state index >= 15 is 0 Å². The number of rotatable bonds is 14. The van der Waals surface area contributed by atoms with Crippen LogP contribution in [-0.2, 0) is 34.0 Å². The minimum Gasteiger partial charge on any atom is -0.481 e. The van der Waals surface area contributed by atoms with Gasteiger partial charge in [-0.15, -0.1) is 0 Å². The van der Waals surface area contributed by atoms with E-state index in [1.54, 1.807) is 6.33 Å². The summed E-state index contributed by atoms with van der Waals surface area (Å²) in [5.74, 6) is -5.02. The van der Waals surface area contributed by atoms with Gasteiger partial charge in [0.2, 0.25) is 0 Å². The Morgan fingerprint density at radius 1 is 1.00 bits per heavy atom. The van der Waals surface area contributed by atoms with Crippen molar-refractivity contribution in [3.8, 4) is 0 Å². The lowest BCUT2D eigenvalue weighted by Gasteiger charge is -2.22. The minimum atomic E-state index is -2.74. The van der Waals surface area contributed by atoms with Crippen LogP contribution in [0.15, 0.2) is 55.5 Å². The first-order valence-electron chi connectivity index (χ1n) is 11.8. The number of hydrogen-bond acceptors (Lipinski definition) is 8. The highest BCUT2D eigenvalue weighted by Gasteiger charge is 2.40. The lowest BCUT2D eigenvalue weighted by atomic mass is 9.96. The quantitative estimate of drug-likeness (QED) is 0.203. The summed E-state index contributed by atoms with van der Waals surface area (Å²) in [6.45, 7) is 3.81. The molecular formula is C25H34N6O7. The number of anilines is 1. The van der Waals surface area contributed by atoms with Crippen molar-refractivity contribution in [3.63, 3.8) is 0 Å². The fraction of sp³-hybridized carbons (Fsp3) is 0.400. The van der Waals surface area contributed by atoms with Crippen LogP contribution in [0.1, 0.15) is 30.5 Å². The molecule has 13 nitrogen and oxygen atoms in total. The highest BCUT2D eigenvalue weighted by molar-refractivity contribution is 5.88. The van der Waals surface area contributed by atoms with E-state index in [0.29, 0.717) is 0 Å². The average Bonchev–Trinajstić information content (AvgIpc) is 3.53.